The Morgan fingerprint density at radius 2 is 1.09 bits per heavy atom. The predicted octanol–water partition coefficient (Wildman–Crippen LogP) is 2.06. The second-order valence-corrected chi connectivity index (χ2v) is 5.72. The van der Waals surface area contributed by atoms with E-state index in [2.05, 4.69) is 89.0 Å². The van der Waals surface area contributed by atoms with Crippen molar-refractivity contribution in [3.8, 4) is 107 Å². The Kier molecular flexibility index (Phi) is 9.85. The molecule has 5 nitrogen and oxygen atoms in total. The van der Waals surface area contributed by atoms with E-state index in [0.717, 1.165) is 0 Å². The topological polar surface area (TPSA) is 87.6 Å². The molecule has 2 aromatic rings. The summed E-state index contributed by atoms with van der Waals surface area (Å²) in [4.78, 5) is 12.2. The van der Waals surface area contributed by atoms with Crippen LogP contribution in [0.3, 0.4) is 0 Å². The normalized spacial score (nSPS) is 7.26. The third kappa shape index (κ3) is 9.53. The summed E-state index contributed by atoms with van der Waals surface area (Å²) in [5.41, 5.74) is 12.4. The van der Waals surface area contributed by atoms with Crippen LogP contribution < -0.4 is 20.9 Å². The molecule has 0 amide bonds. The summed E-state index contributed by atoms with van der Waals surface area (Å²) >= 11 is 0. The van der Waals surface area contributed by atoms with Crippen LogP contribution in [0.25, 0.3) is 0 Å². The van der Waals surface area contributed by atoms with Gasteiger partial charge in [0.1, 0.15) is 17.6 Å². The zero-order valence-electron chi connectivity index (χ0n) is 17.5. The van der Waals surface area contributed by atoms with E-state index in [1.807, 2.05) is 0 Å². The van der Waals surface area contributed by atoms with Crippen molar-refractivity contribution in [3.63, 3.8) is 0 Å². The first-order valence-electron chi connectivity index (χ1n) is 9.19. The van der Waals surface area contributed by atoms with Crippen LogP contribution in [0, 0.1) is 95.4 Å². The maximum Gasteiger partial charge on any atom is 0.343 e. The minimum atomic E-state index is -0.583. The van der Waals surface area contributed by atoms with Gasteiger partial charge in [-0.3, -0.25) is 0 Å². The Hall–Kier alpha value is -6.21. The number of ether oxygens (including phenoxy) is 2. The van der Waals surface area contributed by atoms with Gasteiger partial charge in [-0.25, -0.2) is 4.79 Å². The number of carbonyl (C=O) groups is 1. The lowest BCUT2D eigenvalue weighted by atomic mass is 10.2. The second-order valence-electron chi connectivity index (χ2n) is 5.72. The number of anilines is 2. The van der Waals surface area contributed by atoms with Gasteiger partial charge in [0.2, 0.25) is 0 Å². The first-order valence-corrected chi connectivity index (χ1v) is 9.19. The standard InChI is InChI=1S/C29H12N2O3/c1-2-3-4-5-6-7-8-9-10-11-12-13-14-15-20-33-27-16-18-28(19-17-27)34-29(32)24-21-25(30)23-26(31)22-24/h1,16-19,21-23H,30-31H2. The van der Waals surface area contributed by atoms with Gasteiger partial charge in [0.15, 0.2) is 0 Å². The zero-order chi connectivity index (χ0) is 24.4. The molecular weight excluding hydrogens is 424 g/mol. The van der Waals surface area contributed by atoms with Crippen LogP contribution in [0.1, 0.15) is 10.4 Å². The lowest BCUT2D eigenvalue weighted by Crippen LogP contribution is -2.09. The Labute approximate surface area is 198 Å². The molecule has 0 aliphatic heterocycles. The molecule has 0 aliphatic carbocycles. The largest absolute Gasteiger partial charge is 0.423 e. The van der Waals surface area contributed by atoms with Crippen molar-refractivity contribution in [1.29, 1.82) is 0 Å². The zero-order valence-corrected chi connectivity index (χ0v) is 17.5. The molecule has 0 aliphatic rings. The first kappa shape index (κ1) is 24.1. The highest BCUT2D eigenvalue weighted by Crippen LogP contribution is 2.20. The smallest absolute Gasteiger partial charge is 0.343 e. The maximum atomic E-state index is 12.2. The van der Waals surface area contributed by atoms with E-state index in [0.29, 0.717) is 22.9 Å². The number of nitrogen functional groups attached to an aromatic ring is 2. The van der Waals surface area contributed by atoms with E-state index >= 15 is 0 Å². The number of rotatable bonds is 3. The van der Waals surface area contributed by atoms with E-state index in [4.69, 9.17) is 27.4 Å². The van der Waals surface area contributed by atoms with E-state index in [-0.39, 0.29) is 5.56 Å². The monoisotopic (exact) mass is 436 g/mol. The Balaban J connectivity index is 1.83. The predicted molar refractivity (Wildman–Crippen MR) is 131 cm³/mol. The first-order chi connectivity index (χ1) is 16.6. The number of terminal acetylenes is 1. The van der Waals surface area contributed by atoms with Crippen LogP contribution in [0.5, 0.6) is 11.5 Å². The Bertz CT molecular complexity index is 1560. The van der Waals surface area contributed by atoms with Crippen LogP contribution in [0.2, 0.25) is 0 Å². The van der Waals surface area contributed by atoms with Crippen molar-refractivity contribution >= 4 is 17.3 Å². The summed E-state index contributed by atoms with van der Waals surface area (Å²) in [5, 5.41) is 0. The molecule has 156 valence electrons. The molecule has 0 aromatic heterocycles. The molecule has 0 fully saturated rings. The molecule has 0 spiro atoms. The molecule has 0 atom stereocenters. The van der Waals surface area contributed by atoms with Crippen LogP contribution in [-0.4, -0.2) is 5.97 Å². The third-order valence-corrected chi connectivity index (χ3v) is 3.29. The fourth-order valence-electron chi connectivity index (χ4n) is 2.03. The fraction of sp³-hybridized carbons (Fsp3) is 0. The van der Waals surface area contributed by atoms with Crippen LogP contribution in [0.15, 0.2) is 42.5 Å². The number of esters is 1. The molecule has 2 aromatic carbocycles. The van der Waals surface area contributed by atoms with Gasteiger partial charge in [0.05, 0.1) is 5.56 Å². The number of benzene rings is 2. The molecule has 0 radical (unpaired) electrons. The highest BCUT2D eigenvalue weighted by molar-refractivity contribution is 5.93. The molecule has 4 N–H and O–H groups in total. The van der Waals surface area contributed by atoms with Crippen molar-refractivity contribution in [2.24, 2.45) is 0 Å². The van der Waals surface area contributed by atoms with Crippen molar-refractivity contribution in [2.45, 2.75) is 0 Å². The van der Waals surface area contributed by atoms with Gasteiger partial charge in [-0.15, -0.1) is 6.42 Å². The minimum Gasteiger partial charge on any atom is -0.423 e. The van der Waals surface area contributed by atoms with Crippen LogP contribution in [-0.2, 0) is 0 Å². The Morgan fingerprint density at radius 3 is 1.59 bits per heavy atom. The highest BCUT2D eigenvalue weighted by atomic mass is 16.5. The van der Waals surface area contributed by atoms with Crippen LogP contribution >= 0.6 is 0 Å². The average molecular weight is 436 g/mol. The van der Waals surface area contributed by atoms with E-state index in [1.54, 1.807) is 30.3 Å². The number of hydrogen-bond donors (Lipinski definition) is 2. The molecule has 2 rings (SSSR count). The van der Waals surface area contributed by atoms with E-state index in [9.17, 15) is 4.79 Å². The quantitative estimate of drug-likeness (QED) is 0.333. The number of carbonyl (C=O) groups excluding carboxylic acids is 1. The lowest BCUT2D eigenvalue weighted by molar-refractivity contribution is 0.0734. The van der Waals surface area contributed by atoms with Gasteiger partial charge in [0, 0.05) is 52.8 Å². The molecule has 34 heavy (non-hydrogen) atoms. The van der Waals surface area contributed by atoms with Crippen molar-refractivity contribution in [1.82, 2.24) is 0 Å². The van der Waals surface area contributed by atoms with Gasteiger partial charge >= 0.3 is 5.97 Å². The third-order valence-electron chi connectivity index (χ3n) is 3.29. The molecule has 0 saturated carbocycles. The molecule has 0 unspecified atom stereocenters. The summed E-state index contributed by atoms with van der Waals surface area (Å²) in [7, 11) is 0. The lowest BCUT2D eigenvalue weighted by Gasteiger charge is -2.06. The van der Waals surface area contributed by atoms with Crippen molar-refractivity contribution in [3.05, 3.63) is 48.0 Å². The van der Waals surface area contributed by atoms with E-state index < -0.39 is 5.97 Å². The van der Waals surface area contributed by atoms with E-state index in [1.165, 1.54) is 12.1 Å². The molecule has 0 saturated heterocycles. The summed E-state index contributed by atoms with van der Waals surface area (Å²) in [6, 6.07) is 10.8. The minimum absolute atomic E-state index is 0.251. The molecule has 5 heteroatoms. The van der Waals surface area contributed by atoms with Crippen molar-refractivity contribution in [2.75, 3.05) is 11.5 Å². The van der Waals surface area contributed by atoms with Gasteiger partial charge < -0.3 is 20.9 Å². The van der Waals surface area contributed by atoms with Gasteiger partial charge in [-0.05, 0) is 83.9 Å². The fourth-order valence-corrected chi connectivity index (χ4v) is 2.03. The average Bonchev–Trinajstić information content (AvgIpc) is 2.82. The Morgan fingerprint density at radius 1 is 0.647 bits per heavy atom. The van der Waals surface area contributed by atoms with Crippen LogP contribution in [0.4, 0.5) is 11.4 Å². The highest BCUT2D eigenvalue weighted by Gasteiger charge is 2.10. The maximum absolute atomic E-state index is 12.2. The van der Waals surface area contributed by atoms with Gasteiger partial charge in [-0.1, -0.05) is 0 Å². The summed E-state index contributed by atoms with van der Waals surface area (Å²) in [5.74, 6) is 34.3. The molecule has 0 heterocycles. The summed E-state index contributed by atoms with van der Waals surface area (Å²) in [6.45, 7) is 0. The number of hydrogen-bond acceptors (Lipinski definition) is 5. The van der Waals surface area contributed by atoms with Gasteiger partial charge in [0.25, 0.3) is 0 Å². The summed E-state index contributed by atoms with van der Waals surface area (Å²) < 4.78 is 10.5. The second kappa shape index (κ2) is 13.9. The van der Waals surface area contributed by atoms with Crippen molar-refractivity contribution < 1.29 is 14.3 Å². The number of nitrogens with two attached hydrogens (primary N) is 2. The van der Waals surface area contributed by atoms with Gasteiger partial charge in [-0.2, -0.15) is 0 Å². The SMILES string of the molecule is C#CC#CC#CC#CC#CC#CC#CC#COc1ccc(OC(=O)c2cc(N)cc(N)c2)cc1. The molecule has 0 bridgehead atoms. The summed E-state index contributed by atoms with van der Waals surface area (Å²) in [6.07, 6.45) is 7.35. The molecular formula is C29H12N2O3.